The Morgan fingerprint density at radius 3 is 2.35 bits per heavy atom. The van der Waals surface area contributed by atoms with Crippen LogP contribution in [0.2, 0.25) is 0 Å². The third kappa shape index (κ3) is 7.34. The third-order valence-corrected chi connectivity index (χ3v) is 2.61. The van der Waals surface area contributed by atoms with Crippen LogP contribution < -0.4 is 0 Å². The number of rotatable bonds is 7. The van der Waals surface area contributed by atoms with Crippen LogP contribution in [0.4, 0.5) is 0 Å². The molecular formula is C13H27NO3. The SMILES string of the molecule is CCC(C)N(CCOC)C(=O)COC(C)(C)C. The van der Waals surface area contributed by atoms with E-state index in [4.69, 9.17) is 9.47 Å². The maximum absolute atomic E-state index is 12.0. The van der Waals surface area contributed by atoms with Crippen LogP contribution in [-0.2, 0) is 14.3 Å². The molecule has 0 aliphatic heterocycles. The van der Waals surface area contributed by atoms with Crippen LogP contribution in [0.15, 0.2) is 0 Å². The van der Waals surface area contributed by atoms with Crippen molar-refractivity contribution >= 4 is 5.91 Å². The number of methoxy groups -OCH3 is 1. The molecule has 4 heteroatoms. The molecule has 1 unspecified atom stereocenters. The van der Waals surface area contributed by atoms with Crippen LogP contribution in [0.5, 0.6) is 0 Å². The summed E-state index contributed by atoms with van der Waals surface area (Å²) in [4.78, 5) is 13.9. The maximum Gasteiger partial charge on any atom is 0.248 e. The number of carbonyl (C=O) groups is 1. The monoisotopic (exact) mass is 245 g/mol. The van der Waals surface area contributed by atoms with Gasteiger partial charge in [-0.25, -0.2) is 0 Å². The number of carbonyl (C=O) groups excluding carboxylic acids is 1. The summed E-state index contributed by atoms with van der Waals surface area (Å²) in [7, 11) is 1.64. The van der Waals surface area contributed by atoms with Gasteiger partial charge in [-0.2, -0.15) is 0 Å². The van der Waals surface area contributed by atoms with E-state index in [0.29, 0.717) is 13.2 Å². The smallest absolute Gasteiger partial charge is 0.248 e. The highest BCUT2D eigenvalue weighted by Gasteiger charge is 2.21. The molecule has 0 bridgehead atoms. The lowest BCUT2D eigenvalue weighted by Gasteiger charge is -2.29. The molecule has 0 aromatic heterocycles. The summed E-state index contributed by atoms with van der Waals surface area (Å²) in [6.45, 7) is 11.3. The van der Waals surface area contributed by atoms with Crippen molar-refractivity contribution in [2.24, 2.45) is 0 Å². The summed E-state index contributed by atoms with van der Waals surface area (Å²) < 4.78 is 10.5. The van der Waals surface area contributed by atoms with Gasteiger partial charge in [0, 0.05) is 19.7 Å². The fraction of sp³-hybridized carbons (Fsp3) is 0.923. The van der Waals surface area contributed by atoms with Gasteiger partial charge >= 0.3 is 0 Å². The minimum atomic E-state index is -0.280. The van der Waals surface area contributed by atoms with Gasteiger partial charge in [-0.15, -0.1) is 0 Å². The molecule has 0 heterocycles. The van der Waals surface area contributed by atoms with E-state index in [1.165, 1.54) is 0 Å². The van der Waals surface area contributed by atoms with Gasteiger partial charge < -0.3 is 14.4 Å². The Bertz CT molecular complexity index is 223. The van der Waals surface area contributed by atoms with E-state index in [2.05, 4.69) is 6.92 Å². The van der Waals surface area contributed by atoms with Gasteiger partial charge in [-0.3, -0.25) is 4.79 Å². The van der Waals surface area contributed by atoms with E-state index in [0.717, 1.165) is 6.42 Å². The van der Waals surface area contributed by atoms with Gasteiger partial charge in [-0.1, -0.05) is 6.92 Å². The highest BCUT2D eigenvalue weighted by molar-refractivity contribution is 5.77. The number of hydrogen-bond donors (Lipinski definition) is 0. The quantitative estimate of drug-likeness (QED) is 0.689. The van der Waals surface area contributed by atoms with Crippen molar-refractivity contribution in [3.05, 3.63) is 0 Å². The topological polar surface area (TPSA) is 38.8 Å². The van der Waals surface area contributed by atoms with Crippen molar-refractivity contribution in [3.8, 4) is 0 Å². The van der Waals surface area contributed by atoms with Gasteiger partial charge in [0.25, 0.3) is 0 Å². The number of hydrogen-bond acceptors (Lipinski definition) is 3. The van der Waals surface area contributed by atoms with Crippen LogP contribution in [-0.4, -0.2) is 49.3 Å². The summed E-state index contributed by atoms with van der Waals surface area (Å²) in [5, 5.41) is 0. The minimum absolute atomic E-state index is 0.0336. The average molecular weight is 245 g/mol. The third-order valence-electron chi connectivity index (χ3n) is 2.61. The molecule has 0 aliphatic carbocycles. The standard InChI is InChI=1S/C13H27NO3/c1-7-11(2)14(8-9-16-6)12(15)10-17-13(3,4)5/h11H,7-10H2,1-6H3. The minimum Gasteiger partial charge on any atom is -0.383 e. The van der Waals surface area contributed by atoms with Crippen molar-refractivity contribution in [2.75, 3.05) is 26.9 Å². The number of amides is 1. The molecule has 0 saturated carbocycles. The van der Waals surface area contributed by atoms with E-state index in [1.807, 2.05) is 32.6 Å². The first-order valence-electron chi connectivity index (χ1n) is 6.24. The van der Waals surface area contributed by atoms with Crippen molar-refractivity contribution in [1.29, 1.82) is 0 Å². The zero-order chi connectivity index (χ0) is 13.5. The Morgan fingerprint density at radius 2 is 1.94 bits per heavy atom. The molecule has 0 aromatic carbocycles. The van der Waals surface area contributed by atoms with Crippen LogP contribution in [0.1, 0.15) is 41.0 Å². The van der Waals surface area contributed by atoms with E-state index in [9.17, 15) is 4.79 Å². The van der Waals surface area contributed by atoms with E-state index >= 15 is 0 Å². The van der Waals surface area contributed by atoms with E-state index < -0.39 is 0 Å². The van der Waals surface area contributed by atoms with Gasteiger partial charge in [0.1, 0.15) is 6.61 Å². The Balaban J connectivity index is 4.32. The fourth-order valence-corrected chi connectivity index (χ4v) is 1.36. The zero-order valence-corrected chi connectivity index (χ0v) is 12.1. The summed E-state index contributed by atoms with van der Waals surface area (Å²) >= 11 is 0. The van der Waals surface area contributed by atoms with Crippen molar-refractivity contribution in [1.82, 2.24) is 4.90 Å². The van der Waals surface area contributed by atoms with Crippen molar-refractivity contribution in [3.63, 3.8) is 0 Å². The Hall–Kier alpha value is -0.610. The maximum atomic E-state index is 12.0. The summed E-state index contributed by atoms with van der Waals surface area (Å²) in [6.07, 6.45) is 0.935. The Labute approximate surface area is 105 Å². The summed E-state index contributed by atoms with van der Waals surface area (Å²) in [6, 6.07) is 0.223. The molecule has 0 fully saturated rings. The van der Waals surface area contributed by atoms with Crippen molar-refractivity contribution < 1.29 is 14.3 Å². The average Bonchev–Trinajstić information content (AvgIpc) is 2.25. The first kappa shape index (κ1) is 16.4. The first-order valence-corrected chi connectivity index (χ1v) is 6.24. The molecule has 0 saturated heterocycles. The van der Waals surface area contributed by atoms with E-state index in [-0.39, 0.29) is 24.2 Å². The van der Waals surface area contributed by atoms with Crippen LogP contribution in [0, 0.1) is 0 Å². The second kappa shape index (κ2) is 7.67. The molecule has 0 aromatic rings. The normalized spacial score (nSPS) is 13.5. The van der Waals surface area contributed by atoms with Gasteiger partial charge in [0.2, 0.25) is 5.91 Å². The molecule has 1 amide bonds. The number of ether oxygens (including phenoxy) is 2. The van der Waals surface area contributed by atoms with Gasteiger partial charge in [0.15, 0.2) is 0 Å². The van der Waals surface area contributed by atoms with Crippen LogP contribution >= 0.6 is 0 Å². The number of nitrogens with zero attached hydrogens (tertiary/aromatic N) is 1. The predicted molar refractivity (Wildman–Crippen MR) is 69.0 cm³/mol. The summed E-state index contributed by atoms with van der Waals surface area (Å²) in [5.41, 5.74) is -0.280. The molecule has 0 aliphatic rings. The predicted octanol–water partition coefficient (Wildman–Crippen LogP) is 2.07. The van der Waals surface area contributed by atoms with Gasteiger partial charge in [-0.05, 0) is 34.1 Å². The largest absolute Gasteiger partial charge is 0.383 e. The first-order chi connectivity index (χ1) is 7.81. The highest BCUT2D eigenvalue weighted by atomic mass is 16.5. The van der Waals surface area contributed by atoms with Crippen LogP contribution in [0.3, 0.4) is 0 Å². The zero-order valence-electron chi connectivity index (χ0n) is 12.1. The molecule has 102 valence electrons. The molecule has 17 heavy (non-hydrogen) atoms. The highest BCUT2D eigenvalue weighted by Crippen LogP contribution is 2.09. The molecule has 0 N–H and O–H groups in total. The Kier molecular flexibility index (Phi) is 7.39. The molecule has 1 atom stereocenters. The molecule has 4 nitrogen and oxygen atoms in total. The fourth-order valence-electron chi connectivity index (χ4n) is 1.36. The summed E-state index contributed by atoms with van der Waals surface area (Å²) in [5.74, 6) is 0.0336. The van der Waals surface area contributed by atoms with Crippen LogP contribution in [0.25, 0.3) is 0 Å². The second-order valence-electron chi connectivity index (χ2n) is 5.24. The molecule has 0 rings (SSSR count). The lowest BCUT2D eigenvalue weighted by Crippen LogP contribution is -2.43. The lowest BCUT2D eigenvalue weighted by molar-refractivity contribution is -0.143. The van der Waals surface area contributed by atoms with Gasteiger partial charge in [0.05, 0.1) is 12.2 Å². The lowest BCUT2D eigenvalue weighted by atomic mass is 10.2. The molecule has 0 radical (unpaired) electrons. The van der Waals surface area contributed by atoms with Crippen molar-refractivity contribution in [2.45, 2.75) is 52.7 Å². The molecule has 0 spiro atoms. The van der Waals surface area contributed by atoms with E-state index in [1.54, 1.807) is 7.11 Å². The Morgan fingerprint density at radius 1 is 1.35 bits per heavy atom. The molecular weight excluding hydrogens is 218 g/mol. The second-order valence-corrected chi connectivity index (χ2v) is 5.24.